The third kappa shape index (κ3) is 5.36. The number of nitrogens with zero attached hydrogens (tertiary/aromatic N) is 1. The molecule has 0 atom stereocenters. The highest BCUT2D eigenvalue weighted by molar-refractivity contribution is 5.66. The topological polar surface area (TPSA) is 55.6 Å². The van der Waals surface area contributed by atoms with Crippen LogP contribution in [-0.4, -0.2) is 24.3 Å². The summed E-state index contributed by atoms with van der Waals surface area (Å²) in [5.74, 6) is 5.61. The highest BCUT2D eigenvalue weighted by atomic mass is 16.6. The standard InChI is InChI=1S/C13H20N2O2/c1-2-3-11-17-13(16)15(14)10-9-12-7-5-4-6-8-12/h4-8H,2-3,9-11,14H2,1H3. The van der Waals surface area contributed by atoms with E-state index < -0.39 is 6.09 Å². The van der Waals surface area contributed by atoms with E-state index in [1.165, 1.54) is 0 Å². The van der Waals surface area contributed by atoms with Crippen LogP contribution >= 0.6 is 0 Å². The van der Waals surface area contributed by atoms with Crippen molar-refractivity contribution in [2.45, 2.75) is 26.2 Å². The molecular formula is C13H20N2O2. The van der Waals surface area contributed by atoms with E-state index in [0.717, 1.165) is 29.8 Å². The van der Waals surface area contributed by atoms with Gasteiger partial charge in [-0.2, -0.15) is 0 Å². The Balaban J connectivity index is 2.24. The minimum absolute atomic E-state index is 0.439. The molecule has 4 heteroatoms. The Labute approximate surface area is 102 Å². The summed E-state index contributed by atoms with van der Waals surface area (Å²) in [6.07, 6.45) is 2.16. The van der Waals surface area contributed by atoms with Crippen molar-refractivity contribution in [2.24, 2.45) is 5.84 Å². The molecule has 0 fully saturated rings. The minimum atomic E-state index is -0.450. The van der Waals surface area contributed by atoms with E-state index in [2.05, 4.69) is 0 Å². The van der Waals surface area contributed by atoms with Gasteiger partial charge < -0.3 is 4.74 Å². The molecule has 0 saturated carbocycles. The first kappa shape index (κ1) is 13.5. The molecule has 0 aliphatic carbocycles. The van der Waals surface area contributed by atoms with E-state index in [-0.39, 0.29) is 0 Å². The summed E-state index contributed by atoms with van der Waals surface area (Å²) in [4.78, 5) is 11.4. The maximum atomic E-state index is 11.4. The molecule has 0 spiro atoms. The van der Waals surface area contributed by atoms with E-state index in [4.69, 9.17) is 10.6 Å². The van der Waals surface area contributed by atoms with Gasteiger partial charge in [0.25, 0.3) is 0 Å². The van der Waals surface area contributed by atoms with Gasteiger partial charge in [0.05, 0.1) is 6.61 Å². The summed E-state index contributed by atoms with van der Waals surface area (Å²) in [6.45, 7) is 2.95. The van der Waals surface area contributed by atoms with Crippen molar-refractivity contribution < 1.29 is 9.53 Å². The second-order valence-corrected chi connectivity index (χ2v) is 3.90. The molecule has 1 aromatic rings. The molecule has 0 unspecified atom stereocenters. The van der Waals surface area contributed by atoms with Crippen LogP contribution < -0.4 is 5.84 Å². The number of ether oxygens (including phenoxy) is 1. The van der Waals surface area contributed by atoms with Crippen LogP contribution in [0.4, 0.5) is 4.79 Å². The number of amides is 1. The Morgan fingerprint density at radius 2 is 2.06 bits per heavy atom. The number of hydrogen-bond acceptors (Lipinski definition) is 3. The predicted octanol–water partition coefficient (Wildman–Crippen LogP) is 2.34. The zero-order valence-electron chi connectivity index (χ0n) is 10.3. The molecule has 0 aliphatic heterocycles. The number of benzene rings is 1. The van der Waals surface area contributed by atoms with Crippen LogP contribution in [0.5, 0.6) is 0 Å². The van der Waals surface area contributed by atoms with Crippen LogP contribution in [0, 0.1) is 0 Å². The van der Waals surface area contributed by atoms with Gasteiger partial charge in [-0.15, -0.1) is 0 Å². The first-order valence-electron chi connectivity index (χ1n) is 5.97. The normalized spacial score (nSPS) is 10.0. The lowest BCUT2D eigenvalue weighted by molar-refractivity contribution is 0.102. The lowest BCUT2D eigenvalue weighted by Crippen LogP contribution is -2.39. The van der Waals surface area contributed by atoms with Crippen LogP contribution in [0.1, 0.15) is 25.3 Å². The lowest BCUT2D eigenvalue weighted by atomic mass is 10.1. The molecule has 1 amide bonds. The second kappa shape index (κ2) is 7.68. The summed E-state index contributed by atoms with van der Waals surface area (Å²) in [6, 6.07) is 9.92. The van der Waals surface area contributed by atoms with Gasteiger partial charge in [-0.1, -0.05) is 43.7 Å². The van der Waals surface area contributed by atoms with Gasteiger partial charge in [0.1, 0.15) is 0 Å². The monoisotopic (exact) mass is 236 g/mol. The summed E-state index contributed by atoms with van der Waals surface area (Å²) in [5, 5.41) is 1.13. The minimum Gasteiger partial charge on any atom is -0.448 e. The Hall–Kier alpha value is -1.55. The highest BCUT2D eigenvalue weighted by Crippen LogP contribution is 2.01. The molecular weight excluding hydrogens is 216 g/mol. The summed E-state index contributed by atoms with van der Waals surface area (Å²) in [7, 11) is 0. The number of carbonyl (C=O) groups excluding carboxylic acids is 1. The van der Waals surface area contributed by atoms with Crippen molar-refractivity contribution in [1.29, 1.82) is 0 Å². The Kier molecular flexibility index (Phi) is 6.10. The fourth-order valence-electron chi connectivity index (χ4n) is 1.37. The van der Waals surface area contributed by atoms with Crippen molar-refractivity contribution in [1.82, 2.24) is 5.01 Å². The van der Waals surface area contributed by atoms with Crippen LogP contribution in [0.3, 0.4) is 0 Å². The number of nitrogens with two attached hydrogens (primary N) is 1. The molecule has 2 N–H and O–H groups in total. The average Bonchev–Trinajstić information content (AvgIpc) is 2.37. The Morgan fingerprint density at radius 3 is 2.71 bits per heavy atom. The number of hydrogen-bond donors (Lipinski definition) is 1. The fourth-order valence-corrected chi connectivity index (χ4v) is 1.37. The molecule has 0 heterocycles. The third-order valence-corrected chi connectivity index (χ3v) is 2.44. The van der Waals surface area contributed by atoms with E-state index in [9.17, 15) is 4.79 Å². The molecule has 94 valence electrons. The van der Waals surface area contributed by atoms with Crippen LogP contribution in [-0.2, 0) is 11.2 Å². The summed E-state index contributed by atoms with van der Waals surface area (Å²) >= 11 is 0. The van der Waals surface area contributed by atoms with Gasteiger partial charge in [-0.25, -0.2) is 15.6 Å². The number of hydrazine groups is 1. The zero-order valence-corrected chi connectivity index (χ0v) is 10.3. The smallest absolute Gasteiger partial charge is 0.424 e. The van der Waals surface area contributed by atoms with Gasteiger partial charge >= 0.3 is 6.09 Å². The molecule has 0 saturated heterocycles. The Morgan fingerprint density at radius 1 is 1.35 bits per heavy atom. The maximum absolute atomic E-state index is 11.4. The van der Waals surface area contributed by atoms with Crippen LogP contribution in [0.25, 0.3) is 0 Å². The van der Waals surface area contributed by atoms with Crippen molar-refractivity contribution in [3.05, 3.63) is 35.9 Å². The van der Waals surface area contributed by atoms with Crippen LogP contribution in [0.2, 0.25) is 0 Å². The fraction of sp³-hybridized carbons (Fsp3) is 0.462. The first-order valence-corrected chi connectivity index (χ1v) is 5.97. The number of rotatable bonds is 6. The number of unbranched alkanes of at least 4 members (excludes halogenated alkanes) is 1. The van der Waals surface area contributed by atoms with Gasteiger partial charge in [0.15, 0.2) is 0 Å². The molecule has 17 heavy (non-hydrogen) atoms. The van der Waals surface area contributed by atoms with E-state index in [1.807, 2.05) is 37.3 Å². The highest BCUT2D eigenvalue weighted by Gasteiger charge is 2.09. The summed E-state index contributed by atoms with van der Waals surface area (Å²) < 4.78 is 4.99. The van der Waals surface area contributed by atoms with Crippen molar-refractivity contribution in [2.75, 3.05) is 13.2 Å². The van der Waals surface area contributed by atoms with E-state index in [1.54, 1.807) is 0 Å². The molecule has 0 bridgehead atoms. The van der Waals surface area contributed by atoms with Crippen molar-refractivity contribution in [3.8, 4) is 0 Å². The predicted molar refractivity (Wildman–Crippen MR) is 67.3 cm³/mol. The molecule has 1 aromatic carbocycles. The van der Waals surface area contributed by atoms with Crippen LogP contribution in [0.15, 0.2) is 30.3 Å². The van der Waals surface area contributed by atoms with Gasteiger partial charge in [-0.05, 0) is 18.4 Å². The van der Waals surface area contributed by atoms with Crippen molar-refractivity contribution >= 4 is 6.09 Å². The maximum Gasteiger partial charge on any atom is 0.424 e. The van der Waals surface area contributed by atoms with Gasteiger partial charge in [-0.3, -0.25) is 0 Å². The average molecular weight is 236 g/mol. The van der Waals surface area contributed by atoms with E-state index >= 15 is 0 Å². The van der Waals surface area contributed by atoms with Gasteiger partial charge in [0.2, 0.25) is 0 Å². The molecule has 4 nitrogen and oxygen atoms in total. The molecule has 0 aromatic heterocycles. The quantitative estimate of drug-likeness (QED) is 0.357. The lowest BCUT2D eigenvalue weighted by Gasteiger charge is -2.16. The Bertz CT molecular complexity index is 327. The van der Waals surface area contributed by atoms with Crippen molar-refractivity contribution in [3.63, 3.8) is 0 Å². The molecule has 0 aliphatic rings. The SMILES string of the molecule is CCCCOC(=O)N(N)CCc1ccccc1. The van der Waals surface area contributed by atoms with Gasteiger partial charge in [0, 0.05) is 6.54 Å². The zero-order chi connectivity index (χ0) is 12.5. The van der Waals surface area contributed by atoms with E-state index in [0.29, 0.717) is 13.2 Å². The largest absolute Gasteiger partial charge is 0.448 e. The molecule has 0 radical (unpaired) electrons. The summed E-state index contributed by atoms with van der Waals surface area (Å²) in [5.41, 5.74) is 1.16. The third-order valence-electron chi connectivity index (χ3n) is 2.44. The first-order chi connectivity index (χ1) is 8.24. The molecule has 1 rings (SSSR count). The number of carbonyl (C=O) groups is 1. The second-order valence-electron chi connectivity index (χ2n) is 3.90.